The lowest BCUT2D eigenvalue weighted by Crippen LogP contribution is -2.14. The first-order valence-electron chi connectivity index (χ1n) is 6.07. The second-order valence-electron chi connectivity index (χ2n) is 4.40. The number of nitrogens with two attached hydrogens (primary N) is 1. The third-order valence-electron chi connectivity index (χ3n) is 2.74. The first-order chi connectivity index (χ1) is 10.0. The van der Waals surface area contributed by atoms with Gasteiger partial charge in [-0.3, -0.25) is 4.79 Å². The van der Waals surface area contributed by atoms with Gasteiger partial charge in [0.25, 0.3) is 5.56 Å². The molecule has 2 heterocycles. The Balaban J connectivity index is 1.85. The van der Waals surface area contributed by atoms with E-state index in [2.05, 4.69) is 26.0 Å². The number of hydrogen-bond donors (Lipinski definition) is 1. The van der Waals surface area contributed by atoms with Crippen molar-refractivity contribution in [1.82, 2.24) is 14.6 Å². The van der Waals surface area contributed by atoms with Crippen molar-refractivity contribution >= 4 is 49.7 Å². The lowest BCUT2D eigenvalue weighted by molar-refractivity contribution is 0.870. The predicted octanol–water partition coefficient (Wildman–Crippen LogP) is 3.10. The molecule has 2 aromatic heterocycles. The molecule has 0 aliphatic rings. The Hall–Kier alpha value is -1.38. The molecule has 0 amide bonds. The lowest BCUT2D eigenvalue weighted by atomic mass is 10.3. The zero-order chi connectivity index (χ0) is 15.0. The molecule has 0 unspecified atom stereocenters. The van der Waals surface area contributed by atoms with Crippen molar-refractivity contribution in [3.63, 3.8) is 0 Å². The van der Waals surface area contributed by atoms with Crippen LogP contribution in [0.15, 0.2) is 38.4 Å². The monoisotopic (exact) mass is 382 g/mol. The molecule has 2 N–H and O–H groups in total. The Morgan fingerprint density at radius 1 is 1.43 bits per heavy atom. The summed E-state index contributed by atoms with van der Waals surface area (Å²) in [5.74, 6) is 0.651. The first-order valence-corrected chi connectivity index (χ1v) is 8.66. The number of rotatable bonds is 3. The second kappa shape index (κ2) is 5.78. The topological polar surface area (TPSA) is 73.3 Å². The fourth-order valence-corrected chi connectivity index (χ4v) is 4.07. The van der Waals surface area contributed by atoms with Crippen LogP contribution in [0.5, 0.6) is 0 Å². The number of nitrogen functional groups attached to an aromatic ring is 1. The number of hydrogen-bond acceptors (Lipinski definition) is 6. The molecular formula is C13H11BrN4OS2. The van der Waals surface area contributed by atoms with Gasteiger partial charge in [0, 0.05) is 26.8 Å². The standard InChI is InChI=1S/C13H11BrN4OS2/c1-7-4-12(19)18-13(16-7)21-11(17-18)6-20-10-3-2-8(14)5-9(10)15/h2-5H,6,15H2,1H3. The Bertz CT molecular complexity index is 874. The van der Waals surface area contributed by atoms with Crippen LogP contribution in [0.3, 0.4) is 0 Å². The molecule has 1 aromatic carbocycles. The zero-order valence-electron chi connectivity index (χ0n) is 11.0. The van der Waals surface area contributed by atoms with Gasteiger partial charge in [0.15, 0.2) is 0 Å². The van der Waals surface area contributed by atoms with Crippen LogP contribution >= 0.6 is 39.0 Å². The molecule has 8 heteroatoms. The van der Waals surface area contributed by atoms with Crippen molar-refractivity contribution in [1.29, 1.82) is 0 Å². The van der Waals surface area contributed by atoms with E-state index >= 15 is 0 Å². The highest BCUT2D eigenvalue weighted by Gasteiger charge is 2.09. The number of thioether (sulfide) groups is 1. The molecule has 3 rings (SSSR count). The SMILES string of the molecule is Cc1cc(=O)n2nc(CSc3ccc(Br)cc3N)sc2n1. The molecule has 21 heavy (non-hydrogen) atoms. The highest BCUT2D eigenvalue weighted by Crippen LogP contribution is 2.31. The first kappa shape index (κ1) is 14.6. The van der Waals surface area contributed by atoms with Crippen LogP contribution < -0.4 is 11.3 Å². The maximum atomic E-state index is 11.8. The maximum absolute atomic E-state index is 11.8. The van der Waals surface area contributed by atoms with Crippen molar-refractivity contribution in [2.45, 2.75) is 17.6 Å². The fourth-order valence-electron chi connectivity index (χ4n) is 1.81. The van der Waals surface area contributed by atoms with Gasteiger partial charge in [-0.25, -0.2) is 4.98 Å². The van der Waals surface area contributed by atoms with E-state index in [1.54, 1.807) is 18.7 Å². The molecule has 0 radical (unpaired) electrons. The third kappa shape index (κ3) is 3.12. The van der Waals surface area contributed by atoms with E-state index in [0.717, 1.165) is 20.1 Å². The molecule has 5 nitrogen and oxygen atoms in total. The Morgan fingerprint density at radius 2 is 2.24 bits per heavy atom. The quantitative estimate of drug-likeness (QED) is 0.556. The van der Waals surface area contributed by atoms with Crippen LogP contribution in [-0.2, 0) is 5.75 Å². The average Bonchev–Trinajstić information content (AvgIpc) is 2.81. The second-order valence-corrected chi connectivity index (χ2v) is 7.37. The van der Waals surface area contributed by atoms with E-state index in [-0.39, 0.29) is 5.56 Å². The highest BCUT2D eigenvalue weighted by molar-refractivity contribution is 9.10. The van der Waals surface area contributed by atoms with Gasteiger partial charge in [0.1, 0.15) is 5.01 Å². The van der Waals surface area contributed by atoms with Crippen molar-refractivity contribution in [2.75, 3.05) is 5.73 Å². The minimum atomic E-state index is -0.145. The van der Waals surface area contributed by atoms with Crippen molar-refractivity contribution < 1.29 is 0 Å². The van der Waals surface area contributed by atoms with E-state index in [1.165, 1.54) is 21.9 Å². The number of halogens is 1. The zero-order valence-corrected chi connectivity index (χ0v) is 14.3. The molecule has 0 saturated heterocycles. The molecule has 0 bridgehead atoms. The molecular weight excluding hydrogens is 372 g/mol. The number of anilines is 1. The maximum Gasteiger partial charge on any atom is 0.275 e. The van der Waals surface area contributed by atoms with Gasteiger partial charge >= 0.3 is 0 Å². The van der Waals surface area contributed by atoms with Gasteiger partial charge < -0.3 is 5.73 Å². The summed E-state index contributed by atoms with van der Waals surface area (Å²) in [6.45, 7) is 1.80. The average molecular weight is 383 g/mol. The Morgan fingerprint density at radius 3 is 3.00 bits per heavy atom. The summed E-state index contributed by atoms with van der Waals surface area (Å²) >= 11 is 6.40. The largest absolute Gasteiger partial charge is 0.398 e. The Kier molecular flexibility index (Phi) is 4.01. The molecule has 0 aliphatic carbocycles. The van der Waals surface area contributed by atoms with Gasteiger partial charge in [-0.2, -0.15) is 9.61 Å². The minimum absolute atomic E-state index is 0.145. The molecule has 0 atom stereocenters. The minimum Gasteiger partial charge on any atom is -0.398 e. The summed E-state index contributed by atoms with van der Waals surface area (Å²) in [6.07, 6.45) is 0. The van der Waals surface area contributed by atoms with Crippen LogP contribution in [0.1, 0.15) is 10.7 Å². The van der Waals surface area contributed by atoms with Gasteiger partial charge in [0.2, 0.25) is 4.96 Å². The highest BCUT2D eigenvalue weighted by atomic mass is 79.9. The van der Waals surface area contributed by atoms with Gasteiger partial charge in [-0.1, -0.05) is 27.3 Å². The number of aryl methyl sites for hydroxylation is 1. The van der Waals surface area contributed by atoms with E-state index in [1.807, 2.05) is 18.2 Å². The van der Waals surface area contributed by atoms with Crippen molar-refractivity contribution in [3.8, 4) is 0 Å². The third-order valence-corrected chi connectivity index (χ3v) is 5.42. The van der Waals surface area contributed by atoms with Crippen LogP contribution in [0.2, 0.25) is 0 Å². The summed E-state index contributed by atoms with van der Waals surface area (Å²) in [7, 11) is 0. The van der Waals surface area contributed by atoms with E-state index in [0.29, 0.717) is 16.4 Å². The van der Waals surface area contributed by atoms with Crippen LogP contribution in [0.4, 0.5) is 5.69 Å². The van der Waals surface area contributed by atoms with Crippen LogP contribution in [0, 0.1) is 6.92 Å². The van der Waals surface area contributed by atoms with E-state index < -0.39 is 0 Å². The summed E-state index contributed by atoms with van der Waals surface area (Å²) in [4.78, 5) is 17.8. The molecule has 3 aromatic rings. The molecule has 0 saturated carbocycles. The fraction of sp³-hybridized carbons (Fsp3) is 0.154. The van der Waals surface area contributed by atoms with E-state index in [4.69, 9.17) is 5.73 Å². The van der Waals surface area contributed by atoms with E-state index in [9.17, 15) is 4.79 Å². The summed E-state index contributed by atoms with van der Waals surface area (Å²) in [6, 6.07) is 7.27. The molecule has 0 fully saturated rings. The van der Waals surface area contributed by atoms with Crippen molar-refractivity contribution in [2.24, 2.45) is 0 Å². The van der Waals surface area contributed by atoms with Gasteiger partial charge in [0.05, 0.1) is 5.75 Å². The lowest BCUT2D eigenvalue weighted by Gasteiger charge is -2.03. The summed E-state index contributed by atoms with van der Waals surface area (Å²) in [5.41, 5.74) is 7.26. The molecule has 0 aliphatic heterocycles. The normalized spacial score (nSPS) is 11.1. The summed E-state index contributed by atoms with van der Waals surface area (Å²) in [5, 5.41) is 5.15. The molecule has 108 valence electrons. The van der Waals surface area contributed by atoms with Crippen molar-refractivity contribution in [3.05, 3.63) is 49.8 Å². The number of benzene rings is 1. The van der Waals surface area contributed by atoms with Crippen LogP contribution in [0.25, 0.3) is 4.96 Å². The number of fused-ring (bicyclic) bond motifs is 1. The number of nitrogens with zero attached hydrogens (tertiary/aromatic N) is 3. The van der Waals surface area contributed by atoms with Gasteiger partial charge in [-0.15, -0.1) is 11.8 Å². The predicted molar refractivity (Wildman–Crippen MR) is 90.0 cm³/mol. The van der Waals surface area contributed by atoms with Crippen LogP contribution in [-0.4, -0.2) is 14.6 Å². The van der Waals surface area contributed by atoms with Gasteiger partial charge in [-0.05, 0) is 25.1 Å². The Labute approximate surface area is 137 Å². The smallest absolute Gasteiger partial charge is 0.275 e. The number of aromatic nitrogens is 3. The summed E-state index contributed by atoms with van der Waals surface area (Å²) < 4.78 is 2.30. The molecule has 0 spiro atoms.